The highest BCUT2D eigenvalue weighted by molar-refractivity contribution is 7.98. The molecule has 2 rings (SSSR count). The molecule has 0 saturated heterocycles. The summed E-state index contributed by atoms with van der Waals surface area (Å²) < 4.78 is 0. The molecule has 0 radical (unpaired) electrons. The van der Waals surface area contributed by atoms with E-state index in [-0.39, 0.29) is 17.6 Å². The lowest BCUT2D eigenvalue weighted by molar-refractivity contribution is -0.0511. The van der Waals surface area contributed by atoms with E-state index in [0.29, 0.717) is 0 Å². The van der Waals surface area contributed by atoms with E-state index in [1.165, 1.54) is 11.8 Å². The number of rotatable bonds is 6. The van der Waals surface area contributed by atoms with E-state index in [1.54, 1.807) is 0 Å². The Bertz CT molecular complexity index is 466. The molecule has 6 heteroatoms. The molecule has 2 unspecified atom stereocenters. The Morgan fingerprint density at radius 1 is 1.40 bits per heavy atom. The van der Waals surface area contributed by atoms with Crippen LogP contribution in [0, 0.1) is 5.41 Å². The fourth-order valence-electron chi connectivity index (χ4n) is 2.26. The molecule has 1 fully saturated rings. The Morgan fingerprint density at radius 2 is 2.10 bits per heavy atom. The topological polar surface area (TPSA) is 70.1 Å². The van der Waals surface area contributed by atoms with Crippen molar-refractivity contribution in [1.29, 1.82) is 0 Å². The van der Waals surface area contributed by atoms with E-state index >= 15 is 0 Å². The van der Waals surface area contributed by atoms with Gasteiger partial charge in [-0.05, 0) is 19.1 Å². The standard InChI is InChI=1S/C14H24N4OS/c1-5-6-15-11-8-12(18-13(17-11)20-4)16-9-7-10(19)14(9,2)3/h8-10,19H,5-7H2,1-4H3,(H2,15,16,17,18). The minimum absolute atomic E-state index is 0.110. The van der Waals surface area contributed by atoms with Crippen LogP contribution in [0.5, 0.6) is 0 Å². The van der Waals surface area contributed by atoms with E-state index in [9.17, 15) is 5.11 Å². The summed E-state index contributed by atoms with van der Waals surface area (Å²) in [6.07, 6.45) is 3.56. The van der Waals surface area contributed by atoms with Gasteiger partial charge in [-0.2, -0.15) is 0 Å². The summed E-state index contributed by atoms with van der Waals surface area (Å²) in [5.41, 5.74) is -0.110. The third-order valence-electron chi connectivity index (χ3n) is 3.98. The van der Waals surface area contributed by atoms with E-state index in [1.807, 2.05) is 12.3 Å². The maximum absolute atomic E-state index is 9.81. The normalized spacial score (nSPS) is 24.1. The van der Waals surface area contributed by atoms with Gasteiger partial charge in [0.1, 0.15) is 11.6 Å². The zero-order chi connectivity index (χ0) is 14.8. The van der Waals surface area contributed by atoms with Gasteiger partial charge in [0.15, 0.2) is 5.16 Å². The third kappa shape index (κ3) is 3.17. The van der Waals surface area contributed by atoms with Gasteiger partial charge in [0, 0.05) is 24.1 Å². The van der Waals surface area contributed by atoms with Crippen LogP contribution in [-0.2, 0) is 0 Å². The number of nitrogens with zero attached hydrogens (tertiary/aromatic N) is 2. The lowest BCUT2D eigenvalue weighted by Crippen LogP contribution is -2.57. The number of nitrogens with one attached hydrogen (secondary N) is 2. The molecule has 20 heavy (non-hydrogen) atoms. The summed E-state index contributed by atoms with van der Waals surface area (Å²) in [5, 5.41) is 17.3. The van der Waals surface area contributed by atoms with E-state index in [4.69, 9.17) is 0 Å². The second-order valence-electron chi connectivity index (χ2n) is 5.82. The smallest absolute Gasteiger partial charge is 0.191 e. The highest BCUT2D eigenvalue weighted by Crippen LogP contribution is 2.42. The van der Waals surface area contributed by atoms with Crippen molar-refractivity contribution >= 4 is 23.4 Å². The first kappa shape index (κ1) is 15.4. The molecule has 0 amide bonds. The highest BCUT2D eigenvalue weighted by Gasteiger charge is 2.47. The SMILES string of the molecule is CCCNc1cc(NC2CC(O)C2(C)C)nc(SC)n1. The van der Waals surface area contributed by atoms with Crippen molar-refractivity contribution in [1.82, 2.24) is 9.97 Å². The van der Waals surface area contributed by atoms with Crippen LogP contribution in [0.4, 0.5) is 11.6 Å². The van der Waals surface area contributed by atoms with E-state index in [2.05, 4.69) is 41.4 Å². The first-order chi connectivity index (χ1) is 9.47. The number of hydrogen-bond donors (Lipinski definition) is 3. The van der Waals surface area contributed by atoms with E-state index < -0.39 is 0 Å². The molecule has 0 bridgehead atoms. The van der Waals surface area contributed by atoms with E-state index in [0.717, 1.165) is 36.2 Å². The number of aliphatic hydroxyl groups excluding tert-OH is 1. The van der Waals surface area contributed by atoms with Gasteiger partial charge in [0.25, 0.3) is 0 Å². The summed E-state index contributed by atoms with van der Waals surface area (Å²) in [5.74, 6) is 1.68. The Kier molecular flexibility index (Phi) is 4.75. The molecular weight excluding hydrogens is 272 g/mol. The molecule has 1 aromatic heterocycles. The first-order valence-electron chi connectivity index (χ1n) is 7.09. The predicted octanol–water partition coefficient (Wildman–Crippen LogP) is 2.59. The highest BCUT2D eigenvalue weighted by atomic mass is 32.2. The first-order valence-corrected chi connectivity index (χ1v) is 8.31. The molecule has 0 aliphatic heterocycles. The van der Waals surface area contributed by atoms with Crippen molar-refractivity contribution in [3.63, 3.8) is 0 Å². The Hall–Kier alpha value is -1.01. The fourth-order valence-corrected chi connectivity index (χ4v) is 2.64. The van der Waals surface area contributed by atoms with Crippen LogP contribution in [0.2, 0.25) is 0 Å². The van der Waals surface area contributed by atoms with Crippen molar-refractivity contribution in [2.24, 2.45) is 5.41 Å². The summed E-state index contributed by atoms with van der Waals surface area (Å²) in [7, 11) is 0. The van der Waals surface area contributed by atoms with Crippen molar-refractivity contribution in [3.8, 4) is 0 Å². The number of hydrogen-bond acceptors (Lipinski definition) is 6. The van der Waals surface area contributed by atoms with Crippen LogP contribution in [-0.4, -0.2) is 40.0 Å². The second-order valence-corrected chi connectivity index (χ2v) is 6.60. The summed E-state index contributed by atoms with van der Waals surface area (Å²) in [4.78, 5) is 8.93. The Labute approximate surface area is 125 Å². The number of aliphatic hydroxyl groups is 1. The van der Waals surface area contributed by atoms with Gasteiger partial charge in [-0.15, -0.1) is 0 Å². The summed E-state index contributed by atoms with van der Waals surface area (Å²) in [6, 6.07) is 2.19. The molecule has 0 aromatic carbocycles. The third-order valence-corrected chi connectivity index (χ3v) is 4.53. The maximum Gasteiger partial charge on any atom is 0.191 e. The minimum atomic E-state index is -0.237. The molecule has 1 aromatic rings. The van der Waals surface area contributed by atoms with Crippen LogP contribution in [0.15, 0.2) is 11.2 Å². The van der Waals surface area contributed by atoms with Gasteiger partial charge in [-0.1, -0.05) is 32.5 Å². The quantitative estimate of drug-likeness (QED) is 0.554. The number of aromatic nitrogens is 2. The van der Waals surface area contributed by atoms with Gasteiger partial charge < -0.3 is 15.7 Å². The zero-order valence-electron chi connectivity index (χ0n) is 12.6. The van der Waals surface area contributed by atoms with Crippen LogP contribution < -0.4 is 10.6 Å². The van der Waals surface area contributed by atoms with Crippen LogP contribution in [0.3, 0.4) is 0 Å². The number of anilines is 2. The monoisotopic (exact) mass is 296 g/mol. The molecule has 0 spiro atoms. The molecule has 3 N–H and O–H groups in total. The molecule has 5 nitrogen and oxygen atoms in total. The van der Waals surface area contributed by atoms with Crippen LogP contribution in [0.1, 0.15) is 33.6 Å². The van der Waals surface area contributed by atoms with Crippen molar-refractivity contribution in [2.75, 3.05) is 23.4 Å². The van der Waals surface area contributed by atoms with Crippen LogP contribution in [0.25, 0.3) is 0 Å². The Balaban J connectivity index is 2.10. The molecule has 2 atom stereocenters. The van der Waals surface area contributed by atoms with Crippen LogP contribution >= 0.6 is 11.8 Å². The molecule has 1 aliphatic rings. The molecule has 1 heterocycles. The fraction of sp³-hybridized carbons (Fsp3) is 0.714. The maximum atomic E-state index is 9.81. The Morgan fingerprint density at radius 3 is 2.65 bits per heavy atom. The van der Waals surface area contributed by atoms with Crippen molar-refractivity contribution in [2.45, 2.75) is 50.9 Å². The van der Waals surface area contributed by atoms with Gasteiger partial charge in [0.05, 0.1) is 6.10 Å². The molecule has 112 valence electrons. The summed E-state index contributed by atoms with van der Waals surface area (Å²) >= 11 is 1.53. The molecule has 1 aliphatic carbocycles. The minimum Gasteiger partial charge on any atom is -0.392 e. The predicted molar refractivity (Wildman–Crippen MR) is 84.4 cm³/mol. The van der Waals surface area contributed by atoms with Gasteiger partial charge in [-0.3, -0.25) is 0 Å². The zero-order valence-corrected chi connectivity index (χ0v) is 13.4. The lowest BCUT2D eigenvalue weighted by atomic mass is 9.64. The molecular formula is C14H24N4OS. The average molecular weight is 296 g/mol. The lowest BCUT2D eigenvalue weighted by Gasteiger charge is -2.49. The number of thioether (sulfide) groups is 1. The van der Waals surface area contributed by atoms with Gasteiger partial charge in [0.2, 0.25) is 0 Å². The summed E-state index contributed by atoms with van der Waals surface area (Å²) in [6.45, 7) is 7.18. The van der Waals surface area contributed by atoms with Gasteiger partial charge in [-0.25, -0.2) is 9.97 Å². The second kappa shape index (κ2) is 6.18. The van der Waals surface area contributed by atoms with Crippen molar-refractivity contribution in [3.05, 3.63) is 6.07 Å². The largest absolute Gasteiger partial charge is 0.392 e. The van der Waals surface area contributed by atoms with Crippen molar-refractivity contribution < 1.29 is 5.11 Å². The average Bonchev–Trinajstić information content (AvgIpc) is 2.44. The van der Waals surface area contributed by atoms with Gasteiger partial charge >= 0.3 is 0 Å². The molecule has 1 saturated carbocycles.